The predicted octanol–water partition coefficient (Wildman–Crippen LogP) is 3.45. The van der Waals surface area contributed by atoms with E-state index in [-0.39, 0.29) is 5.78 Å². The monoisotopic (exact) mass is 198 g/mol. The molecule has 0 unspecified atom stereocenters. The summed E-state index contributed by atoms with van der Waals surface area (Å²) in [5.41, 5.74) is 2.78. The predicted molar refractivity (Wildman–Crippen MR) is 62.0 cm³/mol. The van der Waals surface area contributed by atoms with Crippen LogP contribution in [0.1, 0.15) is 28.8 Å². The Morgan fingerprint density at radius 1 is 1.13 bits per heavy atom. The van der Waals surface area contributed by atoms with Gasteiger partial charge in [0.25, 0.3) is 0 Å². The molecule has 2 rings (SSSR count). The summed E-state index contributed by atoms with van der Waals surface area (Å²) in [5, 5.41) is 0. The van der Waals surface area contributed by atoms with Gasteiger partial charge in [-0.15, -0.1) is 0 Å². The van der Waals surface area contributed by atoms with Crippen molar-refractivity contribution in [3.05, 3.63) is 59.2 Å². The SMILES string of the molecule is Cc1ccc(C(=O)C2=CCCC=C2)cc1. The molecule has 0 N–H and O–H groups in total. The molecule has 1 aliphatic carbocycles. The van der Waals surface area contributed by atoms with E-state index in [1.54, 1.807) is 0 Å². The number of ketones is 1. The van der Waals surface area contributed by atoms with Gasteiger partial charge in [0.2, 0.25) is 0 Å². The van der Waals surface area contributed by atoms with Crippen LogP contribution in [0.4, 0.5) is 0 Å². The second-order valence-corrected chi connectivity index (χ2v) is 3.83. The molecule has 0 bridgehead atoms. The minimum atomic E-state index is 0.131. The molecule has 15 heavy (non-hydrogen) atoms. The lowest BCUT2D eigenvalue weighted by atomic mass is 9.98. The van der Waals surface area contributed by atoms with Crippen molar-refractivity contribution in [2.24, 2.45) is 0 Å². The first kappa shape index (κ1) is 9.91. The van der Waals surface area contributed by atoms with E-state index < -0.39 is 0 Å². The molecule has 0 fully saturated rings. The van der Waals surface area contributed by atoms with E-state index in [1.165, 1.54) is 5.56 Å². The summed E-state index contributed by atoms with van der Waals surface area (Å²) in [6, 6.07) is 7.72. The number of benzene rings is 1. The van der Waals surface area contributed by atoms with E-state index in [1.807, 2.05) is 43.3 Å². The number of aryl methyl sites for hydroxylation is 1. The van der Waals surface area contributed by atoms with Gasteiger partial charge in [-0.1, -0.05) is 48.1 Å². The second kappa shape index (κ2) is 4.26. The Bertz CT molecular complexity index is 421. The number of carbonyl (C=O) groups excluding carboxylic acids is 1. The van der Waals surface area contributed by atoms with Crippen LogP contribution < -0.4 is 0 Å². The van der Waals surface area contributed by atoms with E-state index in [0.29, 0.717) is 0 Å². The highest BCUT2D eigenvalue weighted by Gasteiger charge is 2.10. The maximum atomic E-state index is 12.0. The molecule has 0 amide bonds. The smallest absolute Gasteiger partial charge is 0.192 e. The number of Topliss-reactive ketones (excluding diaryl/α,β-unsaturated/α-hetero) is 1. The van der Waals surface area contributed by atoms with Crippen molar-refractivity contribution in [1.29, 1.82) is 0 Å². The lowest BCUT2D eigenvalue weighted by Gasteiger charge is -2.06. The quantitative estimate of drug-likeness (QED) is 0.665. The standard InChI is InChI=1S/C14H14O/c1-11-7-9-13(10-8-11)14(15)12-5-3-2-4-6-12/h3,5-10H,2,4H2,1H3. The Balaban J connectivity index is 2.24. The molecule has 0 atom stereocenters. The van der Waals surface area contributed by atoms with Crippen molar-refractivity contribution in [2.75, 3.05) is 0 Å². The zero-order valence-corrected chi connectivity index (χ0v) is 8.86. The van der Waals surface area contributed by atoms with Crippen LogP contribution in [0, 0.1) is 6.92 Å². The van der Waals surface area contributed by atoms with Gasteiger partial charge in [0.1, 0.15) is 0 Å². The Labute approximate surface area is 90.1 Å². The summed E-state index contributed by atoms with van der Waals surface area (Å²) in [7, 11) is 0. The van der Waals surface area contributed by atoms with Crippen molar-refractivity contribution < 1.29 is 4.79 Å². The van der Waals surface area contributed by atoms with Gasteiger partial charge in [-0.3, -0.25) is 4.79 Å². The number of rotatable bonds is 2. The van der Waals surface area contributed by atoms with E-state index >= 15 is 0 Å². The second-order valence-electron chi connectivity index (χ2n) is 3.83. The highest BCUT2D eigenvalue weighted by atomic mass is 16.1. The molecule has 0 aromatic heterocycles. The zero-order chi connectivity index (χ0) is 10.7. The maximum Gasteiger partial charge on any atom is 0.192 e. The first-order chi connectivity index (χ1) is 7.27. The third kappa shape index (κ3) is 2.24. The van der Waals surface area contributed by atoms with Gasteiger partial charge < -0.3 is 0 Å². The zero-order valence-electron chi connectivity index (χ0n) is 8.86. The van der Waals surface area contributed by atoms with Crippen molar-refractivity contribution in [3.8, 4) is 0 Å². The maximum absolute atomic E-state index is 12.0. The van der Waals surface area contributed by atoms with E-state index in [4.69, 9.17) is 0 Å². The third-order valence-corrected chi connectivity index (χ3v) is 2.57. The molecule has 0 heterocycles. The molecule has 1 aromatic carbocycles. The van der Waals surface area contributed by atoms with Crippen molar-refractivity contribution in [2.45, 2.75) is 19.8 Å². The molecule has 0 radical (unpaired) electrons. The molecule has 1 aliphatic rings. The van der Waals surface area contributed by atoms with Crippen LogP contribution in [0.2, 0.25) is 0 Å². The molecule has 1 nitrogen and oxygen atoms in total. The number of carbonyl (C=O) groups is 1. The molecule has 1 heteroatoms. The van der Waals surface area contributed by atoms with Crippen LogP contribution in [0.3, 0.4) is 0 Å². The Hall–Kier alpha value is -1.63. The average molecular weight is 198 g/mol. The van der Waals surface area contributed by atoms with E-state index in [0.717, 1.165) is 24.0 Å². The lowest BCUT2D eigenvalue weighted by molar-refractivity contribution is 0.103. The summed E-state index contributed by atoms with van der Waals surface area (Å²) in [6.45, 7) is 2.02. The van der Waals surface area contributed by atoms with Gasteiger partial charge in [-0.05, 0) is 19.8 Å². The molecular weight excluding hydrogens is 184 g/mol. The van der Waals surface area contributed by atoms with Gasteiger partial charge >= 0.3 is 0 Å². The van der Waals surface area contributed by atoms with Crippen LogP contribution in [0.25, 0.3) is 0 Å². The number of hydrogen-bond acceptors (Lipinski definition) is 1. The van der Waals surface area contributed by atoms with E-state index in [9.17, 15) is 4.79 Å². The fourth-order valence-corrected chi connectivity index (χ4v) is 1.65. The summed E-state index contributed by atoms with van der Waals surface area (Å²) in [4.78, 5) is 12.0. The van der Waals surface area contributed by atoms with Crippen molar-refractivity contribution in [1.82, 2.24) is 0 Å². The molecule has 0 saturated carbocycles. The topological polar surface area (TPSA) is 17.1 Å². The minimum Gasteiger partial charge on any atom is -0.289 e. The minimum absolute atomic E-state index is 0.131. The molecular formula is C14H14O. The fourth-order valence-electron chi connectivity index (χ4n) is 1.65. The molecule has 0 spiro atoms. The number of hydrogen-bond donors (Lipinski definition) is 0. The summed E-state index contributed by atoms with van der Waals surface area (Å²) < 4.78 is 0. The van der Waals surface area contributed by atoms with Crippen molar-refractivity contribution in [3.63, 3.8) is 0 Å². The lowest BCUT2D eigenvalue weighted by Crippen LogP contribution is -2.03. The first-order valence-electron chi connectivity index (χ1n) is 5.25. The Morgan fingerprint density at radius 3 is 2.47 bits per heavy atom. The summed E-state index contributed by atoms with van der Waals surface area (Å²) >= 11 is 0. The highest BCUT2D eigenvalue weighted by Crippen LogP contribution is 2.15. The van der Waals surface area contributed by atoms with Crippen LogP contribution in [-0.2, 0) is 0 Å². The molecule has 1 aromatic rings. The molecule has 76 valence electrons. The summed E-state index contributed by atoms with van der Waals surface area (Å²) in [6.07, 6.45) is 8.02. The summed E-state index contributed by atoms with van der Waals surface area (Å²) in [5.74, 6) is 0.131. The largest absolute Gasteiger partial charge is 0.289 e. The third-order valence-electron chi connectivity index (χ3n) is 2.57. The Morgan fingerprint density at radius 2 is 1.87 bits per heavy atom. The van der Waals surface area contributed by atoms with E-state index in [2.05, 4.69) is 6.08 Å². The Kier molecular flexibility index (Phi) is 2.82. The fraction of sp³-hybridized carbons (Fsp3) is 0.214. The number of allylic oxidation sites excluding steroid dienone is 4. The van der Waals surface area contributed by atoms with Crippen molar-refractivity contribution >= 4 is 5.78 Å². The van der Waals surface area contributed by atoms with Crippen LogP contribution in [-0.4, -0.2) is 5.78 Å². The van der Waals surface area contributed by atoms with Gasteiger partial charge in [0.15, 0.2) is 5.78 Å². The van der Waals surface area contributed by atoms with Gasteiger partial charge in [-0.2, -0.15) is 0 Å². The van der Waals surface area contributed by atoms with Gasteiger partial charge in [-0.25, -0.2) is 0 Å². The van der Waals surface area contributed by atoms with Crippen LogP contribution in [0.5, 0.6) is 0 Å². The first-order valence-corrected chi connectivity index (χ1v) is 5.25. The average Bonchev–Trinajstić information content (AvgIpc) is 2.30. The normalized spacial score (nSPS) is 14.9. The van der Waals surface area contributed by atoms with Crippen LogP contribution >= 0.6 is 0 Å². The highest BCUT2D eigenvalue weighted by molar-refractivity contribution is 6.10. The van der Waals surface area contributed by atoms with Gasteiger partial charge in [0.05, 0.1) is 0 Å². The molecule has 0 aliphatic heterocycles. The van der Waals surface area contributed by atoms with Crippen LogP contribution in [0.15, 0.2) is 48.1 Å². The molecule has 0 saturated heterocycles. The van der Waals surface area contributed by atoms with Gasteiger partial charge in [0, 0.05) is 11.1 Å².